The molecule has 0 aliphatic carbocycles. The molecule has 1 saturated heterocycles. The van der Waals surface area contributed by atoms with Gasteiger partial charge in [-0.25, -0.2) is 0 Å². The van der Waals surface area contributed by atoms with Gasteiger partial charge in [-0.1, -0.05) is 12.1 Å². The highest BCUT2D eigenvalue weighted by Gasteiger charge is 2.18. The zero-order valence-corrected chi connectivity index (χ0v) is 11.8. The average Bonchev–Trinajstić information content (AvgIpc) is 2.48. The number of benzene rings is 1. The lowest BCUT2D eigenvalue weighted by molar-refractivity contribution is 0.654. The molecule has 1 aromatic carbocycles. The summed E-state index contributed by atoms with van der Waals surface area (Å²) in [6.07, 6.45) is 3.53. The number of nitrogens with two attached hydrogens (primary N) is 1. The minimum Gasteiger partial charge on any atom is -0.396 e. The van der Waals surface area contributed by atoms with Crippen LogP contribution in [0.15, 0.2) is 42.7 Å². The fourth-order valence-corrected chi connectivity index (χ4v) is 2.72. The number of pyridine rings is 1. The van der Waals surface area contributed by atoms with Crippen LogP contribution >= 0.6 is 0 Å². The number of piperazine rings is 1. The van der Waals surface area contributed by atoms with Crippen LogP contribution in [0.2, 0.25) is 0 Å². The molecule has 0 atom stereocenters. The second kappa shape index (κ2) is 5.41. The van der Waals surface area contributed by atoms with Crippen LogP contribution in [0, 0.1) is 6.92 Å². The van der Waals surface area contributed by atoms with Crippen LogP contribution in [-0.4, -0.2) is 31.2 Å². The summed E-state index contributed by atoms with van der Waals surface area (Å²) in [7, 11) is 0. The summed E-state index contributed by atoms with van der Waals surface area (Å²) >= 11 is 0. The van der Waals surface area contributed by atoms with Crippen LogP contribution in [-0.2, 0) is 0 Å². The normalized spacial score (nSPS) is 15.4. The van der Waals surface area contributed by atoms with Gasteiger partial charge in [-0.2, -0.15) is 0 Å². The monoisotopic (exact) mass is 268 g/mol. The first-order valence-electron chi connectivity index (χ1n) is 7.00. The van der Waals surface area contributed by atoms with Gasteiger partial charge in [0.15, 0.2) is 0 Å². The second-order valence-electron chi connectivity index (χ2n) is 5.25. The Bertz CT molecular complexity index is 589. The largest absolute Gasteiger partial charge is 0.396 e. The van der Waals surface area contributed by atoms with Gasteiger partial charge < -0.3 is 15.5 Å². The van der Waals surface area contributed by atoms with Crippen molar-refractivity contribution in [3.8, 4) is 0 Å². The van der Waals surface area contributed by atoms with Gasteiger partial charge in [-0.05, 0) is 30.7 Å². The molecule has 0 radical (unpaired) electrons. The predicted molar refractivity (Wildman–Crippen MR) is 84.3 cm³/mol. The third-order valence-electron chi connectivity index (χ3n) is 3.82. The molecule has 0 unspecified atom stereocenters. The lowest BCUT2D eigenvalue weighted by Crippen LogP contribution is -2.46. The van der Waals surface area contributed by atoms with E-state index in [1.165, 1.54) is 11.3 Å². The van der Waals surface area contributed by atoms with E-state index in [-0.39, 0.29) is 0 Å². The molecule has 0 saturated carbocycles. The SMILES string of the molecule is Cc1cccc(N2CCN(c3ccncc3N)CC2)c1. The quantitative estimate of drug-likeness (QED) is 0.907. The predicted octanol–water partition coefficient (Wildman–Crippen LogP) is 2.30. The second-order valence-corrected chi connectivity index (χ2v) is 5.25. The maximum atomic E-state index is 6.00. The molecule has 0 spiro atoms. The van der Waals surface area contributed by atoms with Gasteiger partial charge in [0.05, 0.1) is 17.6 Å². The maximum absolute atomic E-state index is 6.00. The van der Waals surface area contributed by atoms with Crippen LogP contribution in [0.25, 0.3) is 0 Å². The molecular formula is C16H20N4. The van der Waals surface area contributed by atoms with Crippen molar-refractivity contribution in [3.63, 3.8) is 0 Å². The molecular weight excluding hydrogens is 248 g/mol. The lowest BCUT2D eigenvalue weighted by Gasteiger charge is -2.37. The Morgan fingerprint density at radius 1 is 1.05 bits per heavy atom. The van der Waals surface area contributed by atoms with E-state index < -0.39 is 0 Å². The van der Waals surface area contributed by atoms with E-state index in [1.807, 2.05) is 6.07 Å². The van der Waals surface area contributed by atoms with Crippen LogP contribution in [0.1, 0.15) is 5.56 Å². The standard InChI is InChI=1S/C16H20N4/c1-13-3-2-4-14(11-13)19-7-9-20(10-8-19)16-5-6-18-12-15(16)17/h2-6,11-12H,7-10,17H2,1H3. The Morgan fingerprint density at radius 3 is 2.50 bits per heavy atom. The minimum absolute atomic E-state index is 0.761. The molecule has 0 amide bonds. The maximum Gasteiger partial charge on any atom is 0.0738 e. The molecule has 20 heavy (non-hydrogen) atoms. The molecule has 4 heteroatoms. The number of aryl methyl sites for hydroxylation is 1. The third kappa shape index (κ3) is 2.54. The molecule has 3 rings (SSSR count). The number of anilines is 3. The zero-order valence-electron chi connectivity index (χ0n) is 11.8. The highest BCUT2D eigenvalue weighted by molar-refractivity contribution is 5.66. The highest BCUT2D eigenvalue weighted by Crippen LogP contribution is 2.24. The van der Waals surface area contributed by atoms with Gasteiger partial charge in [0.25, 0.3) is 0 Å². The average molecular weight is 268 g/mol. The Kier molecular flexibility index (Phi) is 3.46. The van der Waals surface area contributed by atoms with Crippen molar-refractivity contribution in [2.45, 2.75) is 6.92 Å². The summed E-state index contributed by atoms with van der Waals surface area (Å²) < 4.78 is 0. The van der Waals surface area contributed by atoms with Crippen molar-refractivity contribution >= 4 is 17.1 Å². The summed E-state index contributed by atoms with van der Waals surface area (Å²) in [6, 6.07) is 10.7. The van der Waals surface area contributed by atoms with Crippen LogP contribution in [0.4, 0.5) is 17.1 Å². The van der Waals surface area contributed by atoms with Gasteiger partial charge in [0, 0.05) is 38.1 Å². The summed E-state index contributed by atoms with van der Waals surface area (Å²) in [6.45, 7) is 6.15. The molecule has 2 N–H and O–H groups in total. The number of hydrogen-bond acceptors (Lipinski definition) is 4. The molecule has 1 fully saturated rings. The topological polar surface area (TPSA) is 45.4 Å². The summed E-state index contributed by atoms with van der Waals surface area (Å²) in [5.74, 6) is 0. The number of aromatic nitrogens is 1. The van der Waals surface area contributed by atoms with Gasteiger partial charge in [-0.3, -0.25) is 4.98 Å². The Labute approximate surface area is 119 Å². The Morgan fingerprint density at radius 2 is 1.80 bits per heavy atom. The fraction of sp³-hybridized carbons (Fsp3) is 0.312. The van der Waals surface area contributed by atoms with Gasteiger partial charge in [-0.15, -0.1) is 0 Å². The fourth-order valence-electron chi connectivity index (χ4n) is 2.72. The molecule has 1 aliphatic rings. The molecule has 2 aromatic rings. The Balaban J connectivity index is 1.70. The Hall–Kier alpha value is -2.23. The summed E-state index contributed by atoms with van der Waals surface area (Å²) in [4.78, 5) is 8.82. The van der Waals surface area contributed by atoms with E-state index in [0.29, 0.717) is 0 Å². The molecule has 1 aliphatic heterocycles. The van der Waals surface area contributed by atoms with E-state index in [1.54, 1.807) is 12.4 Å². The van der Waals surface area contributed by atoms with Gasteiger partial charge >= 0.3 is 0 Å². The molecule has 2 heterocycles. The van der Waals surface area contributed by atoms with Gasteiger partial charge in [0.1, 0.15) is 0 Å². The number of rotatable bonds is 2. The molecule has 104 valence electrons. The smallest absolute Gasteiger partial charge is 0.0738 e. The molecule has 4 nitrogen and oxygen atoms in total. The van der Waals surface area contributed by atoms with Crippen molar-refractivity contribution in [3.05, 3.63) is 48.3 Å². The zero-order chi connectivity index (χ0) is 13.9. The number of nitrogen functional groups attached to an aromatic ring is 1. The van der Waals surface area contributed by atoms with Crippen LogP contribution in [0.3, 0.4) is 0 Å². The number of hydrogen-bond donors (Lipinski definition) is 1. The van der Waals surface area contributed by atoms with E-state index in [0.717, 1.165) is 37.6 Å². The van der Waals surface area contributed by atoms with E-state index in [2.05, 4.69) is 46.0 Å². The van der Waals surface area contributed by atoms with Crippen LogP contribution < -0.4 is 15.5 Å². The van der Waals surface area contributed by atoms with Gasteiger partial charge in [0.2, 0.25) is 0 Å². The van der Waals surface area contributed by atoms with Crippen molar-refractivity contribution in [2.75, 3.05) is 41.7 Å². The number of nitrogens with zero attached hydrogens (tertiary/aromatic N) is 3. The first-order chi connectivity index (χ1) is 9.74. The first kappa shape index (κ1) is 12.8. The summed E-state index contributed by atoms with van der Waals surface area (Å²) in [5, 5.41) is 0. The molecule has 1 aromatic heterocycles. The minimum atomic E-state index is 0.761. The molecule has 0 bridgehead atoms. The van der Waals surface area contributed by atoms with Crippen molar-refractivity contribution in [1.29, 1.82) is 0 Å². The van der Waals surface area contributed by atoms with E-state index >= 15 is 0 Å². The van der Waals surface area contributed by atoms with Crippen molar-refractivity contribution < 1.29 is 0 Å². The lowest BCUT2D eigenvalue weighted by atomic mass is 10.2. The highest BCUT2D eigenvalue weighted by atomic mass is 15.3. The third-order valence-corrected chi connectivity index (χ3v) is 3.82. The van der Waals surface area contributed by atoms with Crippen molar-refractivity contribution in [2.24, 2.45) is 0 Å². The van der Waals surface area contributed by atoms with Crippen molar-refractivity contribution in [1.82, 2.24) is 4.98 Å². The first-order valence-corrected chi connectivity index (χ1v) is 7.00. The summed E-state index contributed by atoms with van der Waals surface area (Å²) in [5.41, 5.74) is 10.5. The van der Waals surface area contributed by atoms with E-state index in [4.69, 9.17) is 5.73 Å². The van der Waals surface area contributed by atoms with Crippen LogP contribution in [0.5, 0.6) is 0 Å². The van der Waals surface area contributed by atoms with E-state index in [9.17, 15) is 0 Å².